The molecule has 0 saturated carbocycles. The average Bonchev–Trinajstić information content (AvgIpc) is 3.00. The van der Waals surface area contributed by atoms with E-state index in [-0.39, 0.29) is 0 Å². The predicted octanol–water partition coefficient (Wildman–Crippen LogP) is 7.03. The fourth-order valence-electron chi connectivity index (χ4n) is 3.37. The molecule has 0 aliphatic heterocycles. The number of halogens is 1. The zero-order chi connectivity index (χ0) is 17.4. The van der Waals surface area contributed by atoms with Crippen LogP contribution in [0.25, 0.3) is 33.3 Å². The van der Waals surface area contributed by atoms with Gasteiger partial charge in [0.1, 0.15) is 0 Å². The molecule has 0 spiro atoms. The van der Waals surface area contributed by atoms with Crippen molar-refractivity contribution in [2.24, 2.45) is 0 Å². The van der Waals surface area contributed by atoms with Gasteiger partial charge in [-0.1, -0.05) is 72.6 Å². The molecule has 4 aromatic rings. The SMILES string of the molecule is CCc1ccc(-c2[nH]c3ccc(C)cc3c2-c2ccccc2Cl)cc1. The van der Waals surface area contributed by atoms with Crippen molar-refractivity contribution < 1.29 is 0 Å². The van der Waals surface area contributed by atoms with Crippen LogP contribution in [0.2, 0.25) is 5.02 Å². The van der Waals surface area contributed by atoms with Gasteiger partial charge in [-0.2, -0.15) is 0 Å². The molecule has 1 aromatic heterocycles. The molecule has 0 bridgehead atoms. The van der Waals surface area contributed by atoms with Crippen LogP contribution in [-0.4, -0.2) is 4.98 Å². The van der Waals surface area contributed by atoms with Crippen molar-refractivity contribution >= 4 is 22.5 Å². The number of benzene rings is 3. The lowest BCUT2D eigenvalue weighted by molar-refractivity contribution is 1.14. The molecule has 0 atom stereocenters. The maximum Gasteiger partial charge on any atom is 0.0545 e. The van der Waals surface area contributed by atoms with Gasteiger partial charge in [0.25, 0.3) is 0 Å². The first kappa shape index (κ1) is 16.0. The smallest absolute Gasteiger partial charge is 0.0545 e. The number of aromatic amines is 1. The van der Waals surface area contributed by atoms with Crippen LogP contribution in [0, 0.1) is 6.92 Å². The van der Waals surface area contributed by atoms with E-state index < -0.39 is 0 Å². The molecule has 1 heterocycles. The van der Waals surface area contributed by atoms with Gasteiger partial charge in [0.05, 0.1) is 5.69 Å². The van der Waals surface area contributed by atoms with Crippen molar-refractivity contribution in [2.75, 3.05) is 0 Å². The maximum absolute atomic E-state index is 6.55. The van der Waals surface area contributed by atoms with E-state index in [1.807, 2.05) is 18.2 Å². The molecule has 1 N–H and O–H groups in total. The Morgan fingerprint density at radius 3 is 2.40 bits per heavy atom. The van der Waals surface area contributed by atoms with Gasteiger partial charge in [-0.25, -0.2) is 0 Å². The highest BCUT2D eigenvalue weighted by Gasteiger charge is 2.17. The van der Waals surface area contributed by atoms with E-state index in [1.165, 1.54) is 27.6 Å². The number of nitrogens with one attached hydrogen (secondary N) is 1. The van der Waals surface area contributed by atoms with Crippen LogP contribution >= 0.6 is 11.6 Å². The molecule has 0 aliphatic rings. The quantitative estimate of drug-likeness (QED) is 0.410. The summed E-state index contributed by atoms with van der Waals surface area (Å²) < 4.78 is 0. The zero-order valence-corrected chi connectivity index (χ0v) is 15.2. The molecule has 1 nitrogen and oxygen atoms in total. The van der Waals surface area contributed by atoms with Gasteiger partial charge in [0.15, 0.2) is 0 Å². The zero-order valence-electron chi connectivity index (χ0n) is 14.4. The topological polar surface area (TPSA) is 15.8 Å². The second-order valence-electron chi connectivity index (χ2n) is 6.45. The Morgan fingerprint density at radius 2 is 1.68 bits per heavy atom. The molecule has 0 fully saturated rings. The second-order valence-corrected chi connectivity index (χ2v) is 6.86. The van der Waals surface area contributed by atoms with Crippen LogP contribution in [0.4, 0.5) is 0 Å². The third kappa shape index (κ3) is 2.85. The van der Waals surface area contributed by atoms with Crippen molar-refractivity contribution in [3.63, 3.8) is 0 Å². The van der Waals surface area contributed by atoms with Crippen molar-refractivity contribution in [3.8, 4) is 22.4 Å². The number of aryl methyl sites for hydroxylation is 2. The van der Waals surface area contributed by atoms with Gasteiger partial charge in [-0.05, 0) is 42.7 Å². The minimum atomic E-state index is 0.774. The third-order valence-electron chi connectivity index (χ3n) is 4.75. The molecule has 124 valence electrons. The highest BCUT2D eigenvalue weighted by atomic mass is 35.5. The summed E-state index contributed by atoms with van der Waals surface area (Å²) in [6.45, 7) is 4.30. The van der Waals surface area contributed by atoms with E-state index in [9.17, 15) is 0 Å². The van der Waals surface area contributed by atoms with Gasteiger partial charge in [-0.3, -0.25) is 0 Å². The lowest BCUT2D eigenvalue weighted by atomic mass is 9.97. The molecule has 3 aromatic carbocycles. The van der Waals surface area contributed by atoms with Crippen molar-refractivity contribution in [1.82, 2.24) is 4.98 Å². The Bertz CT molecular complexity index is 1040. The van der Waals surface area contributed by atoms with E-state index in [0.29, 0.717) is 0 Å². The van der Waals surface area contributed by atoms with Crippen molar-refractivity contribution in [2.45, 2.75) is 20.3 Å². The average molecular weight is 346 g/mol. The van der Waals surface area contributed by atoms with Crippen LogP contribution in [0.5, 0.6) is 0 Å². The normalized spacial score (nSPS) is 11.2. The molecule has 0 aliphatic carbocycles. The minimum Gasteiger partial charge on any atom is -0.354 e. The summed E-state index contributed by atoms with van der Waals surface area (Å²) in [5.41, 5.74) is 8.26. The lowest BCUT2D eigenvalue weighted by Crippen LogP contribution is -1.85. The fourth-order valence-corrected chi connectivity index (χ4v) is 3.60. The Balaban J connectivity index is 2.03. The van der Waals surface area contributed by atoms with Gasteiger partial charge < -0.3 is 4.98 Å². The number of hydrogen-bond donors (Lipinski definition) is 1. The Kier molecular flexibility index (Phi) is 4.10. The van der Waals surface area contributed by atoms with E-state index in [4.69, 9.17) is 11.6 Å². The summed E-state index contributed by atoms with van der Waals surface area (Å²) in [4.78, 5) is 3.61. The van der Waals surface area contributed by atoms with Crippen LogP contribution in [0.3, 0.4) is 0 Å². The van der Waals surface area contributed by atoms with E-state index >= 15 is 0 Å². The minimum absolute atomic E-state index is 0.774. The largest absolute Gasteiger partial charge is 0.354 e. The van der Waals surface area contributed by atoms with E-state index in [1.54, 1.807) is 0 Å². The number of hydrogen-bond acceptors (Lipinski definition) is 0. The molecule has 2 heteroatoms. The predicted molar refractivity (Wildman–Crippen MR) is 108 cm³/mol. The molecule has 4 rings (SSSR count). The van der Waals surface area contributed by atoms with Crippen LogP contribution in [-0.2, 0) is 6.42 Å². The van der Waals surface area contributed by atoms with Crippen LogP contribution in [0.1, 0.15) is 18.1 Å². The van der Waals surface area contributed by atoms with E-state index in [0.717, 1.165) is 28.2 Å². The first-order valence-corrected chi connectivity index (χ1v) is 9.01. The van der Waals surface area contributed by atoms with Crippen LogP contribution < -0.4 is 0 Å². The van der Waals surface area contributed by atoms with Gasteiger partial charge in [0.2, 0.25) is 0 Å². The molecule has 0 saturated heterocycles. The summed E-state index contributed by atoms with van der Waals surface area (Å²) in [5, 5.41) is 1.99. The second kappa shape index (κ2) is 6.42. The number of aromatic nitrogens is 1. The molecular weight excluding hydrogens is 326 g/mol. The third-order valence-corrected chi connectivity index (χ3v) is 5.08. The maximum atomic E-state index is 6.55. The summed E-state index contributed by atoms with van der Waals surface area (Å²) in [7, 11) is 0. The monoisotopic (exact) mass is 345 g/mol. The Morgan fingerprint density at radius 1 is 0.920 bits per heavy atom. The standard InChI is InChI=1S/C23H20ClN/c1-3-16-9-11-17(12-10-16)23-22(18-6-4-5-7-20(18)24)19-14-15(2)8-13-21(19)25-23/h4-14,25H,3H2,1-2H3. The highest BCUT2D eigenvalue weighted by Crippen LogP contribution is 2.41. The van der Waals surface area contributed by atoms with Gasteiger partial charge in [0, 0.05) is 27.1 Å². The van der Waals surface area contributed by atoms with E-state index in [2.05, 4.69) is 67.4 Å². The summed E-state index contributed by atoms with van der Waals surface area (Å²) in [6, 6.07) is 23.4. The molecule has 25 heavy (non-hydrogen) atoms. The van der Waals surface area contributed by atoms with Crippen molar-refractivity contribution in [1.29, 1.82) is 0 Å². The first-order chi connectivity index (χ1) is 12.2. The number of rotatable bonds is 3. The molecule has 0 radical (unpaired) electrons. The molecular formula is C23H20ClN. The van der Waals surface area contributed by atoms with Crippen LogP contribution in [0.15, 0.2) is 66.7 Å². The highest BCUT2D eigenvalue weighted by molar-refractivity contribution is 6.34. The summed E-state index contributed by atoms with van der Waals surface area (Å²) in [6.07, 6.45) is 1.05. The van der Waals surface area contributed by atoms with Crippen molar-refractivity contribution in [3.05, 3.63) is 82.9 Å². The number of fused-ring (bicyclic) bond motifs is 1. The number of H-pyrrole nitrogens is 1. The first-order valence-electron chi connectivity index (χ1n) is 8.64. The Labute approximate surface area is 153 Å². The van der Waals surface area contributed by atoms with Gasteiger partial charge >= 0.3 is 0 Å². The fraction of sp³-hybridized carbons (Fsp3) is 0.130. The summed E-state index contributed by atoms with van der Waals surface area (Å²) in [5.74, 6) is 0. The van der Waals surface area contributed by atoms with Gasteiger partial charge in [-0.15, -0.1) is 0 Å². The lowest BCUT2D eigenvalue weighted by Gasteiger charge is -2.08. The molecule has 0 unspecified atom stereocenters. The Hall–Kier alpha value is -2.51. The molecule has 0 amide bonds. The summed E-state index contributed by atoms with van der Waals surface area (Å²) >= 11 is 6.55.